The molecule has 1 aliphatic rings. The van der Waals surface area contributed by atoms with E-state index in [4.69, 9.17) is 5.11 Å². The SMILES string of the molecule is CC(O)CNCCN1C(=O)CC(C)(C(C)C)C1=O. The first-order valence-corrected chi connectivity index (χ1v) is 6.52. The molecule has 5 heteroatoms. The van der Waals surface area contributed by atoms with E-state index in [2.05, 4.69) is 5.32 Å². The zero-order valence-electron chi connectivity index (χ0n) is 11.7. The first-order valence-electron chi connectivity index (χ1n) is 6.52. The highest BCUT2D eigenvalue weighted by atomic mass is 16.3. The molecular weight excluding hydrogens is 232 g/mol. The summed E-state index contributed by atoms with van der Waals surface area (Å²) in [6.07, 6.45) is -0.115. The Morgan fingerprint density at radius 2 is 2.00 bits per heavy atom. The van der Waals surface area contributed by atoms with Crippen LogP contribution in [-0.4, -0.2) is 47.6 Å². The van der Waals surface area contributed by atoms with Gasteiger partial charge in [0, 0.05) is 26.1 Å². The highest BCUT2D eigenvalue weighted by Crippen LogP contribution is 2.38. The topological polar surface area (TPSA) is 69.6 Å². The summed E-state index contributed by atoms with van der Waals surface area (Å²) in [7, 11) is 0. The van der Waals surface area contributed by atoms with Crippen LogP contribution < -0.4 is 5.32 Å². The lowest BCUT2D eigenvalue weighted by Crippen LogP contribution is -2.41. The number of carbonyl (C=O) groups is 2. The molecule has 2 unspecified atom stereocenters. The van der Waals surface area contributed by atoms with Crippen molar-refractivity contribution in [3.8, 4) is 0 Å². The van der Waals surface area contributed by atoms with Crippen molar-refractivity contribution >= 4 is 11.8 Å². The third-order valence-electron chi connectivity index (χ3n) is 3.78. The molecule has 18 heavy (non-hydrogen) atoms. The minimum Gasteiger partial charge on any atom is -0.392 e. The van der Waals surface area contributed by atoms with E-state index in [1.807, 2.05) is 20.8 Å². The Bertz CT molecular complexity index is 328. The average molecular weight is 256 g/mol. The number of likely N-dealkylation sites (tertiary alicyclic amines) is 1. The van der Waals surface area contributed by atoms with Gasteiger partial charge in [-0.15, -0.1) is 0 Å². The zero-order chi connectivity index (χ0) is 13.9. The number of amides is 2. The van der Waals surface area contributed by atoms with Crippen molar-refractivity contribution in [1.29, 1.82) is 0 Å². The van der Waals surface area contributed by atoms with Gasteiger partial charge in [0.15, 0.2) is 0 Å². The first kappa shape index (κ1) is 15.1. The molecule has 0 saturated carbocycles. The van der Waals surface area contributed by atoms with Gasteiger partial charge in [0.2, 0.25) is 11.8 Å². The fourth-order valence-corrected chi connectivity index (χ4v) is 2.09. The normalized spacial score (nSPS) is 26.2. The number of imide groups is 1. The minimum atomic E-state index is -0.554. The molecule has 1 saturated heterocycles. The molecule has 0 bridgehead atoms. The Labute approximate surface area is 109 Å². The Hall–Kier alpha value is -0.940. The molecule has 2 atom stereocenters. The number of hydrogen-bond acceptors (Lipinski definition) is 4. The summed E-state index contributed by atoms with van der Waals surface area (Å²) in [5.41, 5.74) is -0.554. The second-order valence-electron chi connectivity index (χ2n) is 5.65. The number of aliphatic hydroxyl groups excluding tert-OH is 1. The Kier molecular flexibility index (Phi) is 4.87. The summed E-state index contributed by atoms with van der Waals surface area (Å²) in [6.45, 7) is 8.87. The predicted molar refractivity (Wildman–Crippen MR) is 68.8 cm³/mol. The molecule has 0 radical (unpaired) electrons. The van der Waals surface area contributed by atoms with E-state index < -0.39 is 11.5 Å². The van der Waals surface area contributed by atoms with Crippen molar-refractivity contribution < 1.29 is 14.7 Å². The van der Waals surface area contributed by atoms with Gasteiger partial charge in [-0.05, 0) is 19.8 Å². The van der Waals surface area contributed by atoms with Crippen LogP contribution in [0.25, 0.3) is 0 Å². The molecule has 1 fully saturated rings. The molecule has 0 aromatic carbocycles. The molecule has 1 heterocycles. The average Bonchev–Trinajstić information content (AvgIpc) is 2.47. The summed E-state index contributed by atoms with van der Waals surface area (Å²) in [5, 5.41) is 12.1. The maximum Gasteiger partial charge on any atom is 0.235 e. The van der Waals surface area contributed by atoms with Gasteiger partial charge >= 0.3 is 0 Å². The molecule has 5 nitrogen and oxygen atoms in total. The largest absolute Gasteiger partial charge is 0.392 e. The molecule has 104 valence electrons. The lowest BCUT2D eigenvalue weighted by atomic mass is 9.78. The van der Waals surface area contributed by atoms with E-state index >= 15 is 0 Å². The number of aliphatic hydroxyl groups is 1. The van der Waals surface area contributed by atoms with Crippen LogP contribution in [0.3, 0.4) is 0 Å². The van der Waals surface area contributed by atoms with Gasteiger partial charge in [-0.3, -0.25) is 14.5 Å². The molecule has 2 N–H and O–H groups in total. The van der Waals surface area contributed by atoms with Crippen LogP contribution in [0.5, 0.6) is 0 Å². The molecule has 2 amide bonds. The molecule has 0 spiro atoms. The monoisotopic (exact) mass is 256 g/mol. The third-order valence-corrected chi connectivity index (χ3v) is 3.78. The van der Waals surface area contributed by atoms with Gasteiger partial charge < -0.3 is 10.4 Å². The second-order valence-corrected chi connectivity index (χ2v) is 5.65. The maximum absolute atomic E-state index is 12.2. The van der Waals surface area contributed by atoms with Crippen LogP contribution in [0.15, 0.2) is 0 Å². The lowest BCUT2D eigenvalue weighted by Gasteiger charge is -2.26. The second kappa shape index (κ2) is 5.80. The number of carbonyl (C=O) groups excluding carboxylic acids is 2. The van der Waals surface area contributed by atoms with Crippen molar-refractivity contribution in [1.82, 2.24) is 10.2 Å². The zero-order valence-corrected chi connectivity index (χ0v) is 11.7. The van der Waals surface area contributed by atoms with Crippen molar-refractivity contribution in [3.05, 3.63) is 0 Å². The van der Waals surface area contributed by atoms with E-state index in [9.17, 15) is 9.59 Å². The Morgan fingerprint density at radius 3 is 2.44 bits per heavy atom. The van der Waals surface area contributed by atoms with E-state index in [0.29, 0.717) is 26.1 Å². The van der Waals surface area contributed by atoms with Crippen LogP contribution in [0, 0.1) is 11.3 Å². The van der Waals surface area contributed by atoms with Crippen molar-refractivity contribution in [2.45, 2.75) is 40.2 Å². The molecule has 0 aliphatic carbocycles. The maximum atomic E-state index is 12.2. The van der Waals surface area contributed by atoms with Crippen molar-refractivity contribution in [3.63, 3.8) is 0 Å². The van der Waals surface area contributed by atoms with Gasteiger partial charge in [0.25, 0.3) is 0 Å². The first-order chi connectivity index (χ1) is 8.29. The smallest absolute Gasteiger partial charge is 0.235 e. The summed E-state index contributed by atoms with van der Waals surface area (Å²) in [5.74, 6) is 0.000710. The van der Waals surface area contributed by atoms with Crippen molar-refractivity contribution in [2.24, 2.45) is 11.3 Å². The van der Waals surface area contributed by atoms with E-state index in [-0.39, 0.29) is 17.7 Å². The summed E-state index contributed by atoms with van der Waals surface area (Å²) in [4.78, 5) is 25.4. The Balaban J connectivity index is 2.52. The highest BCUT2D eigenvalue weighted by Gasteiger charge is 2.49. The minimum absolute atomic E-state index is 0.0682. The summed E-state index contributed by atoms with van der Waals surface area (Å²) in [6, 6.07) is 0. The molecular formula is C13H24N2O3. The molecule has 0 aromatic heterocycles. The number of rotatable bonds is 6. The fraction of sp³-hybridized carbons (Fsp3) is 0.846. The van der Waals surface area contributed by atoms with E-state index in [1.54, 1.807) is 6.92 Å². The van der Waals surface area contributed by atoms with Crippen molar-refractivity contribution in [2.75, 3.05) is 19.6 Å². The fourth-order valence-electron chi connectivity index (χ4n) is 2.09. The van der Waals surface area contributed by atoms with Gasteiger partial charge in [-0.1, -0.05) is 13.8 Å². The molecule has 1 rings (SSSR count). The standard InChI is InChI=1S/C13H24N2O3/c1-9(2)13(4)7-11(17)15(12(13)18)6-5-14-8-10(3)16/h9-10,14,16H,5-8H2,1-4H3. The highest BCUT2D eigenvalue weighted by molar-refractivity contribution is 6.05. The van der Waals surface area contributed by atoms with Crippen LogP contribution in [0.1, 0.15) is 34.1 Å². The van der Waals surface area contributed by atoms with E-state index in [1.165, 1.54) is 4.90 Å². The van der Waals surface area contributed by atoms with Crippen LogP contribution in [0.4, 0.5) is 0 Å². The van der Waals surface area contributed by atoms with Gasteiger partial charge in [0.05, 0.1) is 11.5 Å². The van der Waals surface area contributed by atoms with E-state index in [0.717, 1.165) is 0 Å². The quantitative estimate of drug-likeness (QED) is 0.532. The predicted octanol–water partition coefficient (Wildman–Crippen LogP) is 0.378. The number of nitrogens with one attached hydrogen (secondary N) is 1. The van der Waals surface area contributed by atoms with Crippen LogP contribution in [0.2, 0.25) is 0 Å². The lowest BCUT2D eigenvalue weighted by molar-refractivity contribution is -0.141. The number of nitrogens with zero attached hydrogens (tertiary/aromatic N) is 1. The summed E-state index contributed by atoms with van der Waals surface area (Å²) >= 11 is 0. The number of hydrogen-bond donors (Lipinski definition) is 2. The molecule has 0 aromatic rings. The van der Waals surface area contributed by atoms with Gasteiger partial charge in [-0.2, -0.15) is 0 Å². The van der Waals surface area contributed by atoms with Gasteiger partial charge in [0.1, 0.15) is 0 Å². The Morgan fingerprint density at radius 1 is 1.39 bits per heavy atom. The van der Waals surface area contributed by atoms with Crippen LogP contribution >= 0.6 is 0 Å². The van der Waals surface area contributed by atoms with Crippen LogP contribution in [-0.2, 0) is 9.59 Å². The van der Waals surface area contributed by atoms with Gasteiger partial charge in [-0.25, -0.2) is 0 Å². The molecule has 1 aliphatic heterocycles. The summed E-state index contributed by atoms with van der Waals surface area (Å²) < 4.78 is 0. The third kappa shape index (κ3) is 3.09.